The summed E-state index contributed by atoms with van der Waals surface area (Å²) < 4.78 is 99.4. The topological polar surface area (TPSA) is 152 Å². The number of aromatic nitrogens is 2. The van der Waals surface area contributed by atoms with E-state index in [-0.39, 0.29) is 28.2 Å². The molecule has 5 aromatic rings. The van der Waals surface area contributed by atoms with Crippen molar-refractivity contribution in [2.45, 2.75) is 43.4 Å². The highest BCUT2D eigenvalue weighted by atomic mass is 32.1. The van der Waals surface area contributed by atoms with Crippen LogP contribution in [0.2, 0.25) is 0 Å². The first-order valence-corrected chi connectivity index (χ1v) is 20.6. The minimum absolute atomic E-state index is 0.0905. The maximum Gasteiger partial charge on any atom is 0.491 e. The molecule has 2 aliphatic rings. The van der Waals surface area contributed by atoms with Crippen LogP contribution >= 0.6 is 22.7 Å². The number of piperidine rings is 1. The number of halogens is 6. The molecule has 1 spiro atoms. The van der Waals surface area contributed by atoms with Gasteiger partial charge in [-0.1, -0.05) is 53.8 Å². The van der Waals surface area contributed by atoms with Crippen LogP contribution < -0.4 is 19.7 Å². The van der Waals surface area contributed by atoms with Gasteiger partial charge in [0.15, 0.2) is 5.75 Å². The first kappa shape index (κ1) is 43.7. The number of hydrogen-bond donors (Lipinski definition) is 2. The average molecular weight is 894 g/mol. The number of H-pyrrole nitrogens is 1. The van der Waals surface area contributed by atoms with Gasteiger partial charge in [-0.2, -0.15) is 26.3 Å². The van der Waals surface area contributed by atoms with E-state index in [0.717, 1.165) is 48.6 Å². The minimum atomic E-state index is -5.37. The first-order valence-electron chi connectivity index (χ1n) is 18.9. The van der Waals surface area contributed by atoms with E-state index in [2.05, 4.69) is 24.9 Å². The lowest BCUT2D eigenvalue weighted by molar-refractivity contribution is -0.205. The van der Waals surface area contributed by atoms with Crippen LogP contribution in [0.5, 0.6) is 11.5 Å². The fourth-order valence-electron chi connectivity index (χ4n) is 7.03. The highest BCUT2D eigenvalue weighted by Gasteiger charge is 2.44. The van der Waals surface area contributed by atoms with Gasteiger partial charge in [-0.15, -0.1) is 11.3 Å². The molecule has 3 aromatic carbocycles. The summed E-state index contributed by atoms with van der Waals surface area (Å²) in [5, 5.41) is 5.51. The maximum atomic E-state index is 13.4. The fourth-order valence-corrected chi connectivity index (χ4v) is 8.74. The van der Waals surface area contributed by atoms with E-state index >= 15 is 0 Å². The molecule has 2 aliphatic heterocycles. The number of rotatable bonds is 13. The zero-order valence-corrected chi connectivity index (χ0v) is 33.6. The Morgan fingerprint density at radius 2 is 1.66 bits per heavy atom. The summed E-state index contributed by atoms with van der Waals surface area (Å²) in [7, 11) is 0. The van der Waals surface area contributed by atoms with Crippen molar-refractivity contribution in [2.75, 3.05) is 52.5 Å². The Kier molecular flexibility index (Phi) is 13.1. The van der Waals surface area contributed by atoms with Crippen LogP contribution in [0.4, 0.5) is 26.3 Å². The number of thiazole rings is 2. The number of hydrogen-bond acceptors (Lipinski definition) is 13. The number of alkyl halides is 6. The van der Waals surface area contributed by atoms with Crippen LogP contribution in [0.3, 0.4) is 0 Å². The molecule has 7 rings (SSSR count). The number of carbonyl (C=O) groups is 3. The van der Waals surface area contributed by atoms with Crippen molar-refractivity contribution in [3.05, 3.63) is 98.6 Å². The number of esters is 2. The summed E-state index contributed by atoms with van der Waals surface area (Å²) in [6, 6.07) is 18.5. The molecular formula is C40H37F6N5O8S2. The monoisotopic (exact) mass is 893 g/mol. The summed E-state index contributed by atoms with van der Waals surface area (Å²) in [6.07, 6.45) is -10.9. The van der Waals surface area contributed by atoms with E-state index in [1.807, 2.05) is 35.2 Å². The molecule has 0 bridgehead atoms. The second-order valence-corrected chi connectivity index (χ2v) is 16.1. The molecule has 2 saturated heterocycles. The lowest BCUT2D eigenvalue weighted by Crippen LogP contribution is -2.58. The molecule has 1 unspecified atom stereocenters. The Morgan fingerprint density at radius 1 is 0.934 bits per heavy atom. The maximum absolute atomic E-state index is 13.4. The van der Waals surface area contributed by atoms with Crippen LogP contribution in [0.15, 0.2) is 76.9 Å². The van der Waals surface area contributed by atoms with Crippen molar-refractivity contribution >= 4 is 50.7 Å². The van der Waals surface area contributed by atoms with E-state index in [0.29, 0.717) is 61.2 Å². The summed E-state index contributed by atoms with van der Waals surface area (Å²) in [6.45, 7) is 3.69. The number of morpholine rings is 1. The molecule has 13 nitrogen and oxygen atoms in total. The number of likely N-dealkylation sites (tertiary alicyclic amines) is 1. The SMILES string of the molecule is O=C(c1csc(-c2ccccc2)n1)N1CCOC2(CCN(CCOc3ccc(CNCC(OC(=O)C(F)(F)F)c4ccc(OC(=O)C(F)(F)F)c5[nH]c(=O)sc45)cc3)CC2)C1. The summed E-state index contributed by atoms with van der Waals surface area (Å²) in [5.41, 5.74) is 1.13. The Balaban J connectivity index is 0.886. The zero-order chi connectivity index (χ0) is 43.4. The number of carbonyl (C=O) groups excluding carboxylic acids is 3. The lowest BCUT2D eigenvalue weighted by Gasteiger charge is -2.47. The molecule has 1 amide bonds. The smallest absolute Gasteiger partial charge is 0.491 e. The largest absolute Gasteiger partial charge is 0.492 e. The second-order valence-electron chi connectivity index (χ2n) is 14.3. The van der Waals surface area contributed by atoms with Crippen molar-refractivity contribution in [1.29, 1.82) is 0 Å². The number of amides is 1. The first-order chi connectivity index (χ1) is 29.1. The van der Waals surface area contributed by atoms with Gasteiger partial charge in [0, 0.05) is 55.8 Å². The van der Waals surface area contributed by atoms with Crippen molar-refractivity contribution in [3.63, 3.8) is 0 Å². The molecule has 324 valence electrons. The second kappa shape index (κ2) is 18.3. The molecule has 0 radical (unpaired) electrons. The van der Waals surface area contributed by atoms with Crippen molar-refractivity contribution in [2.24, 2.45) is 0 Å². The predicted molar refractivity (Wildman–Crippen MR) is 210 cm³/mol. The van der Waals surface area contributed by atoms with Gasteiger partial charge in [0.2, 0.25) is 0 Å². The normalized spacial score (nSPS) is 16.4. The van der Waals surface area contributed by atoms with E-state index in [4.69, 9.17) is 14.2 Å². The summed E-state index contributed by atoms with van der Waals surface area (Å²) in [4.78, 5) is 59.0. The molecule has 61 heavy (non-hydrogen) atoms. The molecule has 2 fully saturated rings. The lowest BCUT2D eigenvalue weighted by atomic mass is 9.89. The van der Waals surface area contributed by atoms with Crippen LogP contribution in [-0.4, -0.2) is 108 Å². The number of benzene rings is 3. The Hall–Kier alpha value is -5.35. The fraction of sp³-hybridized carbons (Fsp3) is 0.375. The van der Waals surface area contributed by atoms with Crippen molar-refractivity contribution < 1.29 is 59.7 Å². The molecule has 0 aliphatic carbocycles. The van der Waals surface area contributed by atoms with Crippen molar-refractivity contribution in [1.82, 2.24) is 25.1 Å². The van der Waals surface area contributed by atoms with E-state index in [9.17, 15) is 45.5 Å². The zero-order valence-electron chi connectivity index (χ0n) is 32.0. The number of nitrogens with zero attached hydrogens (tertiary/aromatic N) is 3. The van der Waals surface area contributed by atoms with Gasteiger partial charge < -0.3 is 34.1 Å². The van der Waals surface area contributed by atoms with Gasteiger partial charge in [-0.05, 0) is 42.7 Å². The van der Waals surface area contributed by atoms with Gasteiger partial charge in [0.1, 0.15) is 34.7 Å². The third-order valence-corrected chi connectivity index (χ3v) is 12.0. The number of fused-ring (bicyclic) bond motifs is 1. The van der Waals surface area contributed by atoms with Crippen LogP contribution in [0, 0.1) is 0 Å². The van der Waals surface area contributed by atoms with Crippen molar-refractivity contribution in [3.8, 4) is 22.1 Å². The third kappa shape index (κ3) is 10.8. The van der Waals surface area contributed by atoms with Crippen LogP contribution in [0.25, 0.3) is 20.8 Å². The molecular weight excluding hydrogens is 857 g/mol. The predicted octanol–water partition coefficient (Wildman–Crippen LogP) is 6.50. The Bertz CT molecular complexity index is 2400. The van der Waals surface area contributed by atoms with Crippen LogP contribution in [-0.2, 0) is 25.6 Å². The summed E-state index contributed by atoms with van der Waals surface area (Å²) in [5.74, 6) is -5.32. The third-order valence-electron chi connectivity index (χ3n) is 10.1. The molecule has 2 aromatic heterocycles. The standard InChI is InChI=1S/C40H37F6N5O8S2/c41-39(42,43)35(53)58-29-11-10-27(32-31(29)49-37(55)61-32)30(59-36(54)40(44,45)46)21-47-20-24-6-8-26(9-7-24)56-18-16-50-14-12-38(13-15-50)23-51(17-19-57-38)34(52)28-22-60-33(48-28)25-4-2-1-3-5-25/h1-11,22,30,47H,12-21,23H2,(H,49,55). The highest BCUT2D eigenvalue weighted by Crippen LogP contribution is 2.36. The Labute approximate surface area is 351 Å². The average Bonchev–Trinajstić information content (AvgIpc) is 3.89. The molecule has 21 heteroatoms. The van der Waals surface area contributed by atoms with E-state index in [1.54, 1.807) is 29.6 Å². The number of ether oxygens (including phenoxy) is 4. The Morgan fingerprint density at radius 3 is 2.36 bits per heavy atom. The number of aromatic amines is 1. The number of nitrogens with one attached hydrogen (secondary N) is 2. The molecule has 4 heterocycles. The van der Waals surface area contributed by atoms with Gasteiger partial charge >= 0.3 is 29.2 Å². The van der Waals surface area contributed by atoms with Gasteiger partial charge in [0.25, 0.3) is 5.91 Å². The summed E-state index contributed by atoms with van der Waals surface area (Å²) >= 11 is 1.87. The van der Waals surface area contributed by atoms with Gasteiger partial charge in [-0.3, -0.25) is 14.5 Å². The molecule has 2 N–H and O–H groups in total. The highest BCUT2D eigenvalue weighted by molar-refractivity contribution is 7.16. The van der Waals surface area contributed by atoms with E-state index in [1.165, 1.54) is 11.3 Å². The van der Waals surface area contributed by atoms with Gasteiger partial charge in [-0.25, -0.2) is 14.6 Å². The van der Waals surface area contributed by atoms with Crippen LogP contribution in [0.1, 0.15) is 40.6 Å². The quantitative estimate of drug-likeness (QED) is 0.0757. The van der Waals surface area contributed by atoms with Gasteiger partial charge in [0.05, 0.1) is 23.5 Å². The minimum Gasteiger partial charge on any atom is -0.492 e. The molecule has 1 atom stereocenters. The van der Waals surface area contributed by atoms with E-state index < -0.39 is 53.2 Å². The molecule has 0 saturated carbocycles.